The molecule has 6 heteroatoms. The SMILES string of the molecule is CC1CCC(CCNC(=O)Cn2cc(CN)nn2)CC1. The highest BCUT2D eigenvalue weighted by Crippen LogP contribution is 2.29. The number of carbonyl (C=O) groups excluding carboxylic acids is 1. The molecule has 1 aliphatic rings. The predicted octanol–water partition coefficient (Wildman–Crippen LogP) is 1.07. The van der Waals surface area contributed by atoms with E-state index in [-0.39, 0.29) is 12.5 Å². The summed E-state index contributed by atoms with van der Waals surface area (Å²) in [6.45, 7) is 3.65. The monoisotopic (exact) mass is 279 g/mol. The van der Waals surface area contributed by atoms with E-state index in [2.05, 4.69) is 22.6 Å². The Bertz CT molecular complexity index is 423. The second-order valence-electron chi connectivity index (χ2n) is 5.88. The number of rotatable bonds is 6. The number of nitrogens with two attached hydrogens (primary N) is 1. The van der Waals surface area contributed by atoms with Gasteiger partial charge in [-0.2, -0.15) is 0 Å². The molecule has 1 heterocycles. The molecule has 1 aliphatic carbocycles. The number of nitrogens with zero attached hydrogens (tertiary/aromatic N) is 3. The molecule has 0 atom stereocenters. The van der Waals surface area contributed by atoms with E-state index in [0.717, 1.165) is 24.8 Å². The van der Waals surface area contributed by atoms with Crippen LogP contribution in [0.25, 0.3) is 0 Å². The van der Waals surface area contributed by atoms with Crippen molar-refractivity contribution in [2.45, 2.75) is 52.1 Å². The second-order valence-corrected chi connectivity index (χ2v) is 5.88. The van der Waals surface area contributed by atoms with Gasteiger partial charge in [0.1, 0.15) is 6.54 Å². The van der Waals surface area contributed by atoms with Gasteiger partial charge in [-0.15, -0.1) is 5.10 Å². The number of aromatic nitrogens is 3. The number of nitrogens with one attached hydrogen (secondary N) is 1. The van der Waals surface area contributed by atoms with Crippen molar-refractivity contribution < 1.29 is 4.79 Å². The third kappa shape index (κ3) is 4.59. The molecule has 0 aromatic carbocycles. The fraction of sp³-hybridized carbons (Fsp3) is 0.786. The lowest BCUT2D eigenvalue weighted by atomic mass is 9.81. The van der Waals surface area contributed by atoms with Gasteiger partial charge in [-0.3, -0.25) is 4.79 Å². The highest BCUT2D eigenvalue weighted by molar-refractivity contribution is 5.75. The minimum Gasteiger partial charge on any atom is -0.354 e. The van der Waals surface area contributed by atoms with E-state index in [0.29, 0.717) is 12.2 Å². The summed E-state index contributed by atoms with van der Waals surface area (Å²) < 4.78 is 1.53. The van der Waals surface area contributed by atoms with Crippen LogP contribution in [-0.4, -0.2) is 27.4 Å². The molecule has 1 amide bonds. The molecule has 1 fully saturated rings. The minimum absolute atomic E-state index is 0.0114. The van der Waals surface area contributed by atoms with Gasteiger partial charge >= 0.3 is 0 Å². The zero-order valence-corrected chi connectivity index (χ0v) is 12.2. The van der Waals surface area contributed by atoms with Crippen LogP contribution < -0.4 is 11.1 Å². The molecule has 20 heavy (non-hydrogen) atoms. The molecule has 112 valence electrons. The summed E-state index contributed by atoms with van der Waals surface area (Å²) in [6.07, 6.45) is 8.07. The first-order valence-corrected chi connectivity index (χ1v) is 7.53. The summed E-state index contributed by atoms with van der Waals surface area (Å²) >= 11 is 0. The highest BCUT2D eigenvalue weighted by atomic mass is 16.2. The number of hydrogen-bond donors (Lipinski definition) is 2. The molecule has 0 bridgehead atoms. The normalized spacial score (nSPS) is 22.7. The molecule has 1 aromatic rings. The average Bonchev–Trinajstić information content (AvgIpc) is 2.88. The van der Waals surface area contributed by atoms with Crippen molar-refractivity contribution >= 4 is 5.91 Å². The Hall–Kier alpha value is -1.43. The van der Waals surface area contributed by atoms with Gasteiger partial charge in [-0.25, -0.2) is 4.68 Å². The third-order valence-corrected chi connectivity index (χ3v) is 4.11. The molecule has 0 saturated heterocycles. The summed E-state index contributed by atoms with van der Waals surface area (Å²) in [5.74, 6) is 1.65. The summed E-state index contributed by atoms with van der Waals surface area (Å²) in [6, 6.07) is 0. The Balaban J connectivity index is 1.62. The van der Waals surface area contributed by atoms with Gasteiger partial charge in [0.25, 0.3) is 0 Å². The summed E-state index contributed by atoms with van der Waals surface area (Å²) in [5.41, 5.74) is 6.15. The quantitative estimate of drug-likeness (QED) is 0.815. The Kier molecular flexibility index (Phi) is 5.52. The second kappa shape index (κ2) is 7.38. The van der Waals surface area contributed by atoms with Crippen molar-refractivity contribution in [1.82, 2.24) is 20.3 Å². The van der Waals surface area contributed by atoms with E-state index < -0.39 is 0 Å². The van der Waals surface area contributed by atoms with Gasteiger partial charge in [0.05, 0.1) is 11.9 Å². The van der Waals surface area contributed by atoms with Crippen molar-refractivity contribution in [3.63, 3.8) is 0 Å². The average molecular weight is 279 g/mol. The molecular weight excluding hydrogens is 254 g/mol. The van der Waals surface area contributed by atoms with Crippen molar-refractivity contribution in [1.29, 1.82) is 0 Å². The zero-order chi connectivity index (χ0) is 14.4. The first-order chi connectivity index (χ1) is 9.67. The third-order valence-electron chi connectivity index (χ3n) is 4.11. The molecule has 3 N–H and O–H groups in total. The lowest BCUT2D eigenvalue weighted by Gasteiger charge is -2.26. The van der Waals surface area contributed by atoms with Gasteiger partial charge in [-0.1, -0.05) is 37.8 Å². The van der Waals surface area contributed by atoms with E-state index in [4.69, 9.17) is 5.73 Å². The largest absolute Gasteiger partial charge is 0.354 e. The smallest absolute Gasteiger partial charge is 0.241 e. The maximum absolute atomic E-state index is 11.8. The van der Waals surface area contributed by atoms with Crippen molar-refractivity contribution in [2.24, 2.45) is 17.6 Å². The molecule has 1 aromatic heterocycles. The first-order valence-electron chi connectivity index (χ1n) is 7.53. The standard InChI is InChI=1S/C14H25N5O/c1-11-2-4-12(5-3-11)6-7-16-14(20)10-19-9-13(8-15)17-18-19/h9,11-12H,2-8,10,15H2,1H3,(H,16,20). The van der Waals surface area contributed by atoms with Crippen LogP contribution in [-0.2, 0) is 17.9 Å². The lowest BCUT2D eigenvalue weighted by molar-refractivity contribution is -0.121. The Morgan fingerprint density at radius 2 is 2.20 bits per heavy atom. The molecule has 2 rings (SSSR count). The van der Waals surface area contributed by atoms with Crippen LogP contribution in [0.15, 0.2) is 6.20 Å². The van der Waals surface area contributed by atoms with Gasteiger partial charge in [0.2, 0.25) is 5.91 Å². The van der Waals surface area contributed by atoms with Crippen molar-refractivity contribution in [3.8, 4) is 0 Å². The predicted molar refractivity (Wildman–Crippen MR) is 76.7 cm³/mol. The van der Waals surface area contributed by atoms with E-state index in [9.17, 15) is 4.79 Å². The van der Waals surface area contributed by atoms with E-state index in [1.165, 1.54) is 30.4 Å². The maximum atomic E-state index is 11.8. The van der Waals surface area contributed by atoms with E-state index >= 15 is 0 Å². The number of hydrogen-bond acceptors (Lipinski definition) is 4. The Labute approximate surface area is 120 Å². The summed E-state index contributed by atoms with van der Waals surface area (Å²) in [4.78, 5) is 11.8. The number of carbonyl (C=O) groups is 1. The van der Waals surface area contributed by atoms with Gasteiger partial charge in [-0.05, 0) is 18.3 Å². The molecule has 1 saturated carbocycles. The van der Waals surface area contributed by atoms with Crippen molar-refractivity contribution in [2.75, 3.05) is 6.54 Å². The van der Waals surface area contributed by atoms with Crippen LogP contribution in [0.1, 0.15) is 44.7 Å². The fourth-order valence-corrected chi connectivity index (χ4v) is 2.75. The Morgan fingerprint density at radius 1 is 1.45 bits per heavy atom. The first kappa shape index (κ1) is 15.0. The summed E-state index contributed by atoms with van der Waals surface area (Å²) in [7, 11) is 0. The van der Waals surface area contributed by atoms with Crippen LogP contribution >= 0.6 is 0 Å². The Morgan fingerprint density at radius 3 is 2.85 bits per heavy atom. The van der Waals surface area contributed by atoms with Crippen molar-refractivity contribution in [3.05, 3.63) is 11.9 Å². The minimum atomic E-state index is -0.0114. The van der Waals surface area contributed by atoms with E-state index in [1.807, 2.05) is 0 Å². The van der Waals surface area contributed by atoms with Gasteiger partial charge < -0.3 is 11.1 Å². The topological polar surface area (TPSA) is 85.8 Å². The summed E-state index contributed by atoms with van der Waals surface area (Å²) in [5, 5.41) is 10.7. The van der Waals surface area contributed by atoms with Crippen LogP contribution in [0.4, 0.5) is 0 Å². The lowest BCUT2D eigenvalue weighted by Crippen LogP contribution is -2.30. The fourth-order valence-electron chi connectivity index (χ4n) is 2.75. The molecule has 6 nitrogen and oxygen atoms in total. The van der Waals surface area contributed by atoms with Gasteiger partial charge in [0.15, 0.2) is 0 Å². The number of amides is 1. The highest BCUT2D eigenvalue weighted by Gasteiger charge is 2.17. The molecule has 0 unspecified atom stereocenters. The molecule has 0 radical (unpaired) electrons. The van der Waals surface area contributed by atoms with Crippen LogP contribution in [0.5, 0.6) is 0 Å². The molecule has 0 aliphatic heterocycles. The van der Waals surface area contributed by atoms with Crippen LogP contribution in [0.2, 0.25) is 0 Å². The maximum Gasteiger partial charge on any atom is 0.241 e. The van der Waals surface area contributed by atoms with Crippen LogP contribution in [0.3, 0.4) is 0 Å². The molecular formula is C14H25N5O. The van der Waals surface area contributed by atoms with Crippen LogP contribution in [0, 0.1) is 11.8 Å². The molecule has 0 spiro atoms. The zero-order valence-electron chi connectivity index (χ0n) is 12.2. The van der Waals surface area contributed by atoms with E-state index in [1.54, 1.807) is 6.20 Å². The van der Waals surface area contributed by atoms with Gasteiger partial charge in [0, 0.05) is 13.1 Å².